The molecule has 4 saturated carbocycles. The number of rotatable bonds is 4. The second kappa shape index (κ2) is 4.86. The van der Waals surface area contributed by atoms with Gasteiger partial charge in [-0.25, -0.2) is 0 Å². The van der Waals surface area contributed by atoms with Gasteiger partial charge in [0.1, 0.15) is 0 Å². The molecule has 0 aromatic heterocycles. The van der Waals surface area contributed by atoms with Crippen LogP contribution in [-0.2, 0) is 4.79 Å². The largest absolute Gasteiger partial charge is 0.339 e. The fourth-order valence-corrected chi connectivity index (χ4v) is 6.84. The Morgan fingerprint density at radius 3 is 2.35 bits per heavy atom. The van der Waals surface area contributed by atoms with Crippen LogP contribution in [0.1, 0.15) is 52.4 Å². The maximum atomic E-state index is 13.2. The van der Waals surface area contributed by atoms with Crippen molar-refractivity contribution in [2.45, 2.75) is 56.7 Å². The van der Waals surface area contributed by atoms with Crippen LogP contribution >= 0.6 is 15.9 Å². The van der Waals surface area contributed by atoms with E-state index in [4.69, 9.17) is 0 Å². The summed E-state index contributed by atoms with van der Waals surface area (Å²) in [4.78, 5) is 15.2. The summed E-state index contributed by atoms with van der Waals surface area (Å²) in [6.07, 6.45) is 7.23. The fourth-order valence-electron chi connectivity index (χ4n) is 5.39. The number of carbonyl (C=O) groups is 1. The van der Waals surface area contributed by atoms with Crippen molar-refractivity contribution in [2.75, 3.05) is 13.1 Å². The van der Waals surface area contributed by atoms with Crippen LogP contribution in [0, 0.1) is 17.3 Å². The van der Waals surface area contributed by atoms with Crippen LogP contribution in [0.3, 0.4) is 0 Å². The monoisotopic (exact) mass is 339 g/mol. The van der Waals surface area contributed by atoms with Crippen molar-refractivity contribution in [2.24, 2.45) is 17.3 Å². The van der Waals surface area contributed by atoms with Crippen molar-refractivity contribution in [1.82, 2.24) is 4.90 Å². The van der Waals surface area contributed by atoms with E-state index in [1.165, 1.54) is 19.3 Å². The summed E-state index contributed by atoms with van der Waals surface area (Å²) < 4.78 is 0.259. The Hall–Kier alpha value is -0.310. The average Bonchev–Trinajstić information content (AvgIpc) is 2.31. The molecule has 0 heterocycles. The molecule has 112 valence electrons. The average molecular weight is 340 g/mol. The van der Waals surface area contributed by atoms with Crippen molar-refractivity contribution >= 4 is 21.8 Å². The van der Waals surface area contributed by atoms with Crippen molar-refractivity contribution in [3.8, 4) is 0 Å². The maximum Gasteiger partial charge on any atom is 0.229 e. The summed E-state index contributed by atoms with van der Waals surface area (Å²) >= 11 is 3.99. The van der Waals surface area contributed by atoms with Crippen LogP contribution in [0.25, 0.3) is 0 Å². The van der Waals surface area contributed by atoms with E-state index in [-0.39, 0.29) is 9.74 Å². The van der Waals surface area contributed by atoms with Gasteiger partial charge in [0.2, 0.25) is 5.91 Å². The lowest BCUT2D eigenvalue weighted by Crippen LogP contribution is -2.59. The highest BCUT2D eigenvalue weighted by Crippen LogP contribution is 2.64. The second-order valence-electron chi connectivity index (χ2n) is 7.67. The SMILES string of the molecule is C=C(C)CN(CC)C(=O)C12CC3CC(CC(Br)(C3)C1)C2. The van der Waals surface area contributed by atoms with Gasteiger partial charge in [0.15, 0.2) is 0 Å². The Labute approximate surface area is 131 Å². The van der Waals surface area contributed by atoms with E-state index in [2.05, 4.69) is 29.4 Å². The lowest BCUT2D eigenvalue weighted by atomic mass is 9.49. The number of hydrogen-bond acceptors (Lipinski definition) is 1. The summed E-state index contributed by atoms with van der Waals surface area (Å²) in [7, 11) is 0. The Morgan fingerprint density at radius 2 is 1.90 bits per heavy atom. The predicted octanol–water partition coefficient (Wildman–Crippen LogP) is 4.14. The first-order chi connectivity index (χ1) is 9.36. The zero-order chi connectivity index (χ0) is 14.5. The molecule has 3 heteroatoms. The first-order valence-electron chi connectivity index (χ1n) is 7.98. The molecule has 0 spiro atoms. The van der Waals surface area contributed by atoms with Gasteiger partial charge in [-0.2, -0.15) is 0 Å². The van der Waals surface area contributed by atoms with Gasteiger partial charge in [-0.05, 0) is 64.2 Å². The summed E-state index contributed by atoms with van der Waals surface area (Å²) in [6, 6.07) is 0. The molecule has 0 N–H and O–H groups in total. The van der Waals surface area contributed by atoms with E-state index in [1.54, 1.807) is 0 Å². The van der Waals surface area contributed by atoms with Crippen molar-refractivity contribution in [3.63, 3.8) is 0 Å². The second-order valence-corrected chi connectivity index (χ2v) is 9.35. The predicted molar refractivity (Wildman–Crippen MR) is 85.8 cm³/mol. The van der Waals surface area contributed by atoms with E-state index in [0.717, 1.165) is 49.8 Å². The molecular formula is C17H26BrNO. The molecule has 2 unspecified atom stereocenters. The molecule has 0 saturated heterocycles. The van der Waals surface area contributed by atoms with E-state index >= 15 is 0 Å². The van der Waals surface area contributed by atoms with Crippen molar-refractivity contribution < 1.29 is 4.79 Å². The Kier molecular flexibility index (Phi) is 3.55. The number of hydrogen-bond donors (Lipinski definition) is 0. The number of carbonyl (C=O) groups excluding carboxylic acids is 1. The number of halogens is 1. The van der Waals surface area contributed by atoms with E-state index in [9.17, 15) is 4.79 Å². The number of nitrogens with zero attached hydrogens (tertiary/aromatic N) is 1. The molecule has 4 fully saturated rings. The Balaban J connectivity index is 1.85. The third-order valence-corrected chi connectivity index (χ3v) is 6.50. The minimum absolute atomic E-state index is 0.0704. The standard InChI is InChI=1S/C17H26BrNO/c1-4-19(10-12(2)3)15(20)16-6-13-5-14(7-16)9-17(18,8-13)11-16/h13-14H,2,4-11H2,1,3H3. The maximum absolute atomic E-state index is 13.2. The van der Waals surface area contributed by atoms with Gasteiger partial charge in [-0.1, -0.05) is 28.1 Å². The van der Waals surface area contributed by atoms with Gasteiger partial charge in [-0.3, -0.25) is 4.79 Å². The van der Waals surface area contributed by atoms with Crippen LogP contribution in [0.4, 0.5) is 0 Å². The van der Waals surface area contributed by atoms with Crippen LogP contribution in [0.2, 0.25) is 0 Å². The third kappa shape index (κ3) is 2.36. The van der Waals surface area contributed by atoms with E-state index < -0.39 is 0 Å². The topological polar surface area (TPSA) is 20.3 Å². The molecule has 4 bridgehead atoms. The smallest absolute Gasteiger partial charge is 0.229 e. The highest BCUT2D eigenvalue weighted by Gasteiger charge is 2.60. The molecule has 0 aromatic carbocycles. The molecule has 4 rings (SSSR count). The molecule has 1 amide bonds. The first kappa shape index (κ1) is 14.6. The van der Waals surface area contributed by atoms with Crippen LogP contribution in [0.5, 0.6) is 0 Å². The summed E-state index contributed by atoms with van der Waals surface area (Å²) in [5.74, 6) is 1.94. The van der Waals surface area contributed by atoms with Gasteiger partial charge < -0.3 is 4.90 Å². The van der Waals surface area contributed by atoms with Crippen LogP contribution < -0.4 is 0 Å². The van der Waals surface area contributed by atoms with E-state index in [1.807, 2.05) is 11.8 Å². The van der Waals surface area contributed by atoms with Crippen LogP contribution in [0.15, 0.2) is 12.2 Å². The molecule has 4 aliphatic rings. The molecule has 20 heavy (non-hydrogen) atoms. The lowest BCUT2D eigenvalue weighted by Gasteiger charge is -2.60. The van der Waals surface area contributed by atoms with E-state index in [0.29, 0.717) is 5.91 Å². The normalized spacial score (nSPS) is 41.8. The molecule has 0 aromatic rings. The summed E-state index contributed by atoms with van der Waals surface area (Å²) in [5.41, 5.74) is 1.01. The van der Waals surface area contributed by atoms with Gasteiger partial charge in [-0.15, -0.1) is 0 Å². The first-order valence-corrected chi connectivity index (χ1v) is 8.78. The molecule has 2 atom stereocenters. The zero-order valence-corrected chi connectivity index (χ0v) is 14.3. The highest BCUT2D eigenvalue weighted by atomic mass is 79.9. The Morgan fingerprint density at radius 1 is 1.30 bits per heavy atom. The van der Waals surface area contributed by atoms with Crippen LogP contribution in [-0.4, -0.2) is 28.2 Å². The lowest BCUT2D eigenvalue weighted by molar-refractivity contribution is -0.154. The number of likely N-dealkylation sites (N-methyl/N-ethyl adjacent to an activating group) is 1. The van der Waals surface area contributed by atoms with Gasteiger partial charge in [0.05, 0.1) is 5.41 Å². The fraction of sp³-hybridized carbons (Fsp3) is 0.824. The molecular weight excluding hydrogens is 314 g/mol. The van der Waals surface area contributed by atoms with Gasteiger partial charge >= 0.3 is 0 Å². The quantitative estimate of drug-likeness (QED) is 0.556. The Bertz CT molecular complexity index is 430. The van der Waals surface area contributed by atoms with Crippen molar-refractivity contribution in [1.29, 1.82) is 0 Å². The third-order valence-electron chi connectivity index (χ3n) is 5.57. The number of amides is 1. The molecule has 2 nitrogen and oxygen atoms in total. The highest BCUT2D eigenvalue weighted by molar-refractivity contribution is 9.10. The minimum atomic E-state index is -0.0704. The minimum Gasteiger partial charge on any atom is -0.339 e. The molecule has 4 aliphatic carbocycles. The van der Waals surface area contributed by atoms with Gasteiger partial charge in [0.25, 0.3) is 0 Å². The summed E-state index contributed by atoms with van der Waals surface area (Å²) in [5, 5.41) is 0. The molecule has 0 aliphatic heterocycles. The number of alkyl halides is 1. The zero-order valence-electron chi connectivity index (χ0n) is 12.8. The van der Waals surface area contributed by atoms with Crippen molar-refractivity contribution in [3.05, 3.63) is 12.2 Å². The summed E-state index contributed by atoms with van der Waals surface area (Å²) in [6.45, 7) is 9.61. The molecule has 0 radical (unpaired) electrons. The van der Waals surface area contributed by atoms with Gasteiger partial charge in [0, 0.05) is 17.4 Å².